The molecule has 1 aliphatic carbocycles. The number of fused-ring (bicyclic) bond motifs is 4. The van der Waals surface area contributed by atoms with E-state index in [0.29, 0.717) is 5.69 Å². The third kappa shape index (κ3) is 2.25. The van der Waals surface area contributed by atoms with E-state index in [1.165, 1.54) is 10.7 Å². The van der Waals surface area contributed by atoms with Crippen molar-refractivity contribution in [1.82, 2.24) is 19.7 Å². The van der Waals surface area contributed by atoms with Crippen LogP contribution >= 0.6 is 0 Å². The molecular formula is C21H18F2N4O. The van der Waals surface area contributed by atoms with Crippen molar-refractivity contribution in [1.29, 1.82) is 0 Å². The zero-order valence-corrected chi connectivity index (χ0v) is 15.5. The van der Waals surface area contributed by atoms with Crippen LogP contribution in [0.1, 0.15) is 46.7 Å². The molecule has 1 saturated carbocycles. The van der Waals surface area contributed by atoms with Crippen molar-refractivity contribution < 1.29 is 13.6 Å². The molecule has 2 aromatic heterocycles. The van der Waals surface area contributed by atoms with Crippen LogP contribution in [-0.4, -0.2) is 32.6 Å². The van der Waals surface area contributed by atoms with E-state index in [1.54, 1.807) is 18.1 Å². The maximum Gasteiger partial charge on any atom is 0.282 e. The largest absolute Gasteiger partial charge is 0.331 e. The van der Waals surface area contributed by atoms with Gasteiger partial charge >= 0.3 is 0 Å². The lowest BCUT2D eigenvalue weighted by Crippen LogP contribution is -2.36. The fourth-order valence-electron chi connectivity index (χ4n) is 4.17. The second-order valence-electron chi connectivity index (χ2n) is 7.43. The van der Waals surface area contributed by atoms with Crippen LogP contribution in [0.25, 0.3) is 16.8 Å². The SMILES string of the molecule is Cc1ncccc1-c1ccc2c(c1)-n1nc(C(F)F)cc1C(=O)N(C)C21CC1. The molecule has 5 rings (SSSR count). The summed E-state index contributed by atoms with van der Waals surface area (Å²) in [5, 5.41) is 4.09. The van der Waals surface area contributed by atoms with E-state index in [-0.39, 0.29) is 17.1 Å². The fourth-order valence-corrected chi connectivity index (χ4v) is 4.17. The van der Waals surface area contributed by atoms with Gasteiger partial charge in [0.05, 0.1) is 11.2 Å². The minimum absolute atomic E-state index is 0.169. The first-order valence-corrected chi connectivity index (χ1v) is 9.15. The summed E-state index contributed by atoms with van der Waals surface area (Å²) in [5.41, 5.74) is 3.76. The van der Waals surface area contributed by atoms with Crippen molar-refractivity contribution in [3.05, 3.63) is 65.2 Å². The Hall–Kier alpha value is -3.09. The first kappa shape index (κ1) is 17.0. The van der Waals surface area contributed by atoms with Gasteiger partial charge in [0.1, 0.15) is 11.4 Å². The van der Waals surface area contributed by atoms with Crippen molar-refractivity contribution in [3.63, 3.8) is 0 Å². The molecule has 28 heavy (non-hydrogen) atoms. The van der Waals surface area contributed by atoms with Crippen molar-refractivity contribution in [3.8, 4) is 16.8 Å². The number of benzene rings is 1. The highest BCUT2D eigenvalue weighted by molar-refractivity contribution is 5.95. The third-order valence-corrected chi connectivity index (χ3v) is 5.89. The molecule has 3 heterocycles. The molecule has 1 aliphatic heterocycles. The predicted octanol–water partition coefficient (Wildman–Crippen LogP) is 4.26. The van der Waals surface area contributed by atoms with E-state index in [4.69, 9.17) is 0 Å². The van der Waals surface area contributed by atoms with E-state index in [1.807, 2.05) is 37.3 Å². The maximum absolute atomic E-state index is 13.3. The molecule has 0 radical (unpaired) electrons. The Morgan fingerprint density at radius 3 is 2.64 bits per heavy atom. The number of carbonyl (C=O) groups excluding carboxylic acids is 1. The highest BCUT2D eigenvalue weighted by atomic mass is 19.3. The van der Waals surface area contributed by atoms with Gasteiger partial charge in [-0.05, 0) is 43.5 Å². The Balaban J connectivity index is 1.79. The van der Waals surface area contributed by atoms with Gasteiger partial charge in [-0.15, -0.1) is 0 Å². The summed E-state index contributed by atoms with van der Waals surface area (Å²) in [6, 6.07) is 11.0. The van der Waals surface area contributed by atoms with Gasteiger partial charge in [-0.2, -0.15) is 5.10 Å². The number of aryl methyl sites for hydroxylation is 1. The van der Waals surface area contributed by atoms with Gasteiger partial charge in [0.15, 0.2) is 0 Å². The van der Waals surface area contributed by atoms with Crippen molar-refractivity contribution >= 4 is 5.91 Å². The lowest BCUT2D eigenvalue weighted by Gasteiger charge is -2.27. The molecule has 2 aliphatic rings. The minimum atomic E-state index is -2.74. The van der Waals surface area contributed by atoms with Crippen LogP contribution in [0.3, 0.4) is 0 Å². The molecule has 5 nitrogen and oxygen atoms in total. The Morgan fingerprint density at radius 1 is 1.18 bits per heavy atom. The molecule has 1 fully saturated rings. The van der Waals surface area contributed by atoms with Crippen LogP contribution in [0, 0.1) is 6.92 Å². The number of amides is 1. The lowest BCUT2D eigenvalue weighted by molar-refractivity contribution is 0.0704. The molecule has 0 saturated heterocycles. The first-order valence-electron chi connectivity index (χ1n) is 9.15. The van der Waals surface area contributed by atoms with E-state index in [2.05, 4.69) is 10.1 Å². The normalized spacial score (nSPS) is 16.9. The molecule has 142 valence electrons. The average Bonchev–Trinajstić information content (AvgIpc) is 3.38. The Labute approximate surface area is 160 Å². The molecule has 3 aromatic rings. The topological polar surface area (TPSA) is 51.0 Å². The maximum atomic E-state index is 13.3. The summed E-state index contributed by atoms with van der Waals surface area (Å²) in [4.78, 5) is 19.0. The molecule has 0 unspecified atom stereocenters. The molecule has 0 N–H and O–H groups in total. The van der Waals surface area contributed by atoms with Crippen LogP contribution in [0.15, 0.2) is 42.6 Å². The highest BCUT2D eigenvalue weighted by Gasteiger charge is 2.53. The number of hydrogen-bond acceptors (Lipinski definition) is 3. The zero-order chi connectivity index (χ0) is 19.6. The first-order chi connectivity index (χ1) is 13.4. The van der Waals surface area contributed by atoms with Crippen LogP contribution in [0.4, 0.5) is 8.78 Å². The summed E-state index contributed by atoms with van der Waals surface area (Å²) in [5.74, 6) is -0.285. The lowest BCUT2D eigenvalue weighted by atomic mass is 9.96. The number of alkyl halides is 2. The van der Waals surface area contributed by atoms with E-state index in [9.17, 15) is 13.6 Å². The van der Waals surface area contributed by atoms with Gasteiger partial charge in [0.25, 0.3) is 12.3 Å². The van der Waals surface area contributed by atoms with Gasteiger partial charge in [0.2, 0.25) is 0 Å². The zero-order valence-electron chi connectivity index (χ0n) is 15.5. The summed E-state index contributed by atoms with van der Waals surface area (Å²) < 4.78 is 28.0. The van der Waals surface area contributed by atoms with Crippen molar-refractivity contribution in [2.75, 3.05) is 7.05 Å². The summed E-state index contributed by atoms with van der Waals surface area (Å²) >= 11 is 0. The molecular weight excluding hydrogens is 362 g/mol. The minimum Gasteiger partial charge on any atom is -0.331 e. The van der Waals surface area contributed by atoms with Gasteiger partial charge in [-0.1, -0.05) is 18.2 Å². The summed E-state index contributed by atoms with van der Waals surface area (Å²) in [6.45, 7) is 1.93. The second-order valence-corrected chi connectivity index (χ2v) is 7.43. The quantitative estimate of drug-likeness (QED) is 0.668. The second kappa shape index (κ2) is 5.70. The van der Waals surface area contributed by atoms with Gasteiger partial charge in [-0.3, -0.25) is 9.78 Å². The third-order valence-electron chi connectivity index (χ3n) is 5.89. The molecule has 7 heteroatoms. The Morgan fingerprint density at radius 2 is 1.96 bits per heavy atom. The monoisotopic (exact) mass is 380 g/mol. The smallest absolute Gasteiger partial charge is 0.282 e. The highest BCUT2D eigenvalue weighted by Crippen LogP contribution is 2.54. The summed E-state index contributed by atoms with van der Waals surface area (Å²) in [6.07, 6.45) is 0.690. The fraction of sp³-hybridized carbons (Fsp3) is 0.286. The van der Waals surface area contributed by atoms with Crippen LogP contribution in [0.2, 0.25) is 0 Å². The van der Waals surface area contributed by atoms with Gasteiger partial charge in [-0.25, -0.2) is 13.5 Å². The van der Waals surface area contributed by atoms with Crippen LogP contribution in [-0.2, 0) is 5.54 Å². The molecule has 0 bridgehead atoms. The number of halogens is 2. The average molecular weight is 380 g/mol. The number of aromatic nitrogens is 3. The van der Waals surface area contributed by atoms with Gasteiger partial charge < -0.3 is 4.90 Å². The number of carbonyl (C=O) groups is 1. The predicted molar refractivity (Wildman–Crippen MR) is 99.5 cm³/mol. The van der Waals surface area contributed by atoms with E-state index in [0.717, 1.165) is 35.2 Å². The molecule has 1 aromatic carbocycles. The number of hydrogen-bond donors (Lipinski definition) is 0. The van der Waals surface area contributed by atoms with Crippen molar-refractivity contribution in [2.24, 2.45) is 0 Å². The molecule has 0 atom stereocenters. The summed E-state index contributed by atoms with van der Waals surface area (Å²) in [7, 11) is 1.74. The van der Waals surface area contributed by atoms with Crippen molar-refractivity contribution in [2.45, 2.75) is 31.7 Å². The number of nitrogens with zero attached hydrogens (tertiary/aromatic N) is 4. The number of pyridine rings is 1. The van der Waals surface area contributed by atoms with Crippen LogP contribution < -0.4 is 0 Å². The Bertz CT molecular complexity index is 1120. The Kier molecular flexibility index (Phi) is 3.47. The van der Waals surface area contributed by atoms with E-state index >= 15 is 0 Å². The molecule has 1 spiro atoms. The van der Waals surface area contributed by atoms with E-state index < -0.39 is 12.1 Å². The number of rotatable bonds is 2. The van der Waals surface area contributed by atoms with Crippen LogP contribution in [0.5, 0.6) is 0 Å². The van der Waals surface area contributed by atoms with Gasteiger partial charge in [0, 0.05) is 30.1 Å². The molecule has 1 amide bonds. The standard InChI is InChI=1S/C21H18F2N4O/c1-12-14(4-3-9-24-12)13-5-6-15-17(10-13)27-18(11-16(25-27)19(22)23)20(28)26(2)21(15)7-8-21/h3-6,9-11,19H,7-8H2,1-2H3.